The summed E-state index contributed by atoms with van der Waals surface area (Å²) >= 11 is 0. The second kappa shape index (κ2) is 4.37. The van der Waals surface area contributed by atoms with Crippen molar-refractivity contribution in [1.29, 1.82) is 0 Å². The van der Waals surface area contributed by atoms with Crippen molar-refractivity contribution >= 4 is 6.29 Å². The fourth-order valence-electron chi connectivity index (χ4n) is 1.73. The van der Waals surface area contributed by atoms with Crippen molar-refractivity contribution in [3.05, 3.63) is 36.0 Å². The Balaban J connectivity index is 2.70. The first-order chi connectivity index (χ1) is 8.17. The van der Waals surface area contributed by atoms with Crippen LogP contribution in [0.3, 0.4) is 0 Å². The van der Waals surface area contributed by atoms with Gasteiger partial charge in [-0.05, 0) is 18.2 Å². The lowest BCUT2D eigenvalue weighted by Crippen LogP contribution is -1.97. The van der Waals surface area contributed by atoms with Gasteiger partial charge in [0.2, 0.25) is 0 Å². The Morgan fingerprint density at radius 1 is 1.47 bits per heavy atom. The molecule has 0 amide bonds. The molecule has 0 unspecified atom stereocenters. The summed E-state index contributed by atoms with van der Waals surface area (Å²) in [5.41, 5.74) is 1.31. The van der Waals surface area contributed by atoms with Gasteiger partial charge in [0.05, 0.1) is 19.1 Å². The van der Waals surface area contributed by atoms with Gasteiger partial charge < -0.3 is 9.30 Å². The van der Waals surface area contributed by atoms with E-state index in [2.05, 4.69) is 4.98 Å². The molecule has 0 aliphatic heterocycles. The first-order valence-corrected chi connectivity index (χ1v) is 4.97. The molecule has 0 N–H and O–H groups in total. The summed E-state index contributed by atoms with van der Waals surface area (Å²) in [7, 11) is 3.23. The average molecular weight is 234 g/mol. The molecule has 1 heterocycles. The van der Waals surface area contributed by atoms with Gasteiger partial charge in [0.25, 0.3) is 0 Å². The summed E-state index contributed by atoms with van der Waals surface area (Å²) in [6.45, 7) is 0. The van der Waals surface area contributed by atoms with Crippen LogP contribution in [0.25, 0.3) is 11.3 Å². The standard InChI is InChI=1S/C12H11FN2O2/c1-15-7-14-10(6-16)12(15)9-5-8(13)3-4-11(9)17-2/h3-7H,1-2H3. The highest BCUT2D eigenvalue weighted by Gasteiger charge is 2.15. The van der Waals surface area contributed by atoms with Crippen LogP contribution in [0.2, 0.25) is 0 Å². The maximum absolute atomic E-state index is 13.3. The number of rotatable bonds is 3. The lowest BCUT2D eigenvalue weighted by molar-refractivity contribution is 0.112. The number of nitrogens with zero attached hydrogens (tertiary/aromatic N) is 2. The van der Waals surface area contributed by atoms with E-state index in [1.165, 1.54) is 31.6 Å². The number of hydrogen-bond donors (Lipinski definition) is 0. The maximum Gasteiger partial charge on any atom is 0.170 e. The highest BCUT2D eigenvalue weighted by molar-refractivity contribution is 5.85. The molecule has 0 bridgehead atoms. The van der Waals surface area contributed by atoms with Crippen LogP contribution in [0.1, 0.15) is 10.5 Å². The molecule has 1 aromatic carbocycles. The molecule has 0 fully saturated rings. The Labute approximate surface area is 97.7 Å². The second-order valence-electron chi connectivity index (χ2n) is 3.55. The monoisotopic (exact) mass is 234 g/mol. The zero-order chi connectivity index (χ0) is 12.4. The van der Waals surface area contributed by atoms with E-state index in [0.29, 0.717) is 23.3 Å². The van der Waals surface area contributed by atoms with E-state index in [1.807, 2.05) is 0 Å². The fourth-order valence-corrected chi connectivity index (χ4v) is 1.73. The van der Waals surface area contributed by atoms with Gasteiger partial charge in [-0.1, -0.05) is 0 Å². The van der Waals surface area contributed by atoms with Crippen LogP contribution in [-0.2, 0) is 7.05 Å². The predicted octanol–water partition coefficient (Wildman–Crippen LogP) is 2.05. The number of aldehydes is 1. The number of benzene rings is 1. The SMILES string of the molecule is COc1ccc(F)cc1-c1c(C=O)ncn1C. The molecular weight excluding hydrogens is 223 g/mol. The molecule has 4 nitrogen and oxygen atoms in total. The molecule has 0 saturated carbocycles. The summed E-state index contributed by atoms with van der Waals surface area (Å²) in [6, 6.07) is 4.15. The van der Waals surface area contributed by atoms with E-state index >= 15 is 0 Å². The zero-order valence-corrected chi connectivity index (χ0v) is 9.48. The van der Waals surface area contributed by atoms with E-state index in [9.17, 15) is 9.18 Å². The first-order valence-electron chi connectivity index (χ1n) is 4.97. The molecule has 0 spiro atoms. The number of carbonyl (C=O) groups excluding carboxylic acids is 1. The van der Waals surface area contributed by atoms with E-state index in [-0.39, 0.29) is 11.5 Å². The first kappa shape index (κ1) is 11.3. The van der Waals surface area contributed by atoms with Crippen molar-refractivity contribution in [1.82, 2.24) is 9.55 Å². The van der Waals surface area contributed by atoms with Gasteiger partial charge in [0.1, 0.15) is 17.3 Å². The molecule has 2 rings (SSSR count). The molecule has 17 heavy (non-hydrogen) atoms. The summed E-state index contributed by atoms with van der Waals surface area (Å²) in [5, 5.41) is 0. The lowest BCUT2D eigenvalue weighted by atomic mass is 10.1. The van der Waals surface area contributed by atoms with Gasteiger partial charge in [-0.25, -0.2) is 9.37 Å². The van der Waals surface area contributed by atoms with Crippen LogP contribution in [-0.4, -0.2) is 22.9 Å². The quantitative estimate of drug-likeness (QED) is 0.763. The minimum absolute atomic E-state index is 0.261. The topological polar surface area (TPSA) is 44.1 Å². The molecule has 0 atom stereocenters. The number of ether oxygens (including phenoxy) is 1. The molecule has 0 aliphatic rings. The number of methoxy groups -OCH3 is 1. The fraction of sp³-hybridized carbons (Fsp3) is 0.167. The zero-order valence-electron chi connectivity index (χ0n) is 9.48. The molecule has 88 valence electrons. The van der Waals surface area contributed by atoms with Crippen LogP contribution in [0.5, 0.6) is 5.75 Å². The number of halogens is 1. The summed E-state index contributed by atoms with van der Waals surface area (Å²) < 4.78 is 20.1. The van der Waals surface area contributed by atoms with Crippen molar-refractivity contribution in [2.75, 3.05) is 7.11 Å². The molecule has 5 heteroatoms. The number of aromatic nitrogens is 2. The Morgan fingerprint density at radius 3 is 2.88 bits per heavy atom. The van der Waals surface area contributed by atoms with Crippen molar-refractivity contribution in [3.63, 3.8) is 0 Å². The second-order valence-corrected chi connectivity index (χ2v) is 3.55. The Hall–Kier alpha value is -2.17. The largest absolute Gasteiger partial charge is 0.496 e. The average Bonchev–Trinajstić information content (AvgIpc) is 2.70. The Kier molecular flexibility index (Phi) is 2.91. The predicted molar refractivity (Wildman–Crippen MR) is 60.5 cm³/mol. The Bertz CT molecular complexity index is 564. The molecule has 0 saturated heterocycles. The van der Waals surface area contributed by atoms with Gasteiger partial charge in [-0.3, -0.25) is 4.79 Å². The van der Waals surface area contributed by atoms with Crippen LogP contribution < -0.4 is 4.74 Å². The molecule has 0 aliphatic carbocycles. The van der Waals surface area contributed by atoms with Crippen molar-refractivity contribution in [3.8, 4) is 17.0 Å². The molecular formula is C12H11FN2O2. The van der Waals surface area contributed by atoms with E-state index in [1.54, 1.807) is 11.6 Å². The lowest BCUT2D eigenvalue weighted by Gasteiger charge is -2.09. The van der Waals surface area contributed by atoms with Crippen molar-refractivity contribution in [2.24, 2.45) is 7.05 Å². The number of imidazole rings is 1. The van der Waals surface area contributed by atoms with Crippen molar-refractivity contribution < 1.29 is 13.9 Å². The minimum Gasteiger partial charge on any atom is -0.496 e. The summed E-state index contributed by atoms with van der Waals surface area (Å²) in [4.78, 5) is 14.8. The summed E-state index contributed by atoms with van der Waals surface area (Å²) in [5.74, 6) is 0.108. The van der Waals surface area contributed by atoms with E-state index in [4.69, 9.17) is 4.74 Å². The number of carbonyl (C=O) groups is 1. The van der Waals surface area contributed by atoms with Crippen LogP contribution in [0.4, 0.5) is 4.39 Å². The highest BCUT2D eigenvalue weighted by Crippen LogP contribution is 2.31. The normalized spacial score (nSPS) is 10.3. The van der Waals surface area contributed by atoms with E-state index in [0.717, 1.165) is 0 Å². The van der Waals surface area contributed by atoms with Gasteiger partial charge in [0, 0.05) is 12.6 Å². The maximum atomic E-state index is 13.3. The molecule has 0 radical (unpaired) electrons. The molecule has 1 aromatic heterocycles. The van der Waals surface area contributed by atoms with Crippen LogP contribution in [0, 0.1) is 5.82 Å². The number of hydrogen-bond acceptors (Lipinski definition) is 3. The van der Waals surface area contributed by atoms with Crippen molar-refractivity contribution in [2.45, 2.75) is 0 Å². The van der Waals surface area contributed by atoms with Gasteiger partial charge in [0.15, 0.2) is 6.29 Å². The smallest absolute Gasteiger partial charge is 0.170 e. The van der Waals surface area contributed by atoms with Gasteiger partial charge in [-0.15, -0.1) is 0 Å². The molecule has 2 aromatic rings. The summed E-state index contributed by atoms with van der Waals surface area (Å²) in [6.07, 6.45) is 2.14. The van der Waals surface area contributed by atoms with Gasteiger partial charge >= 0.3 is 0 Å². The minimum atomic E-state index is -0.390. The van der Waals surface area contributed by atoms with E-state index < -0.39 is 0 Å². The van der Waals surface area contributed by atoms with Crippen LogP contribution >= 0.6 is 0 Å². The number of aryl methyl sites for hydroxylation is 1. The third kappa shape index (κ3) is 1.91. The third-order valence-corrected chi connectivity index (χ3v) is 2.49. The highest BCUT2D eigenvalue weighted by atomic mass is 19.1. The Morgan fingerprint density at radius 2 is 2.24 bits per heavy atom. The van der Waals surface area contributed by atoms with Crippen LogP contribution in [0.15, 0.2) is 24.5 Å². The third-order valence-electron chi connectivity index (χ3n) is 2.49. The van der Waals surface area contributed by atoms with Gasteiger partial charge in [-0.2, -0.15) is 0 Å².